The van der Waals surface area contributed by atoms with Crippen LogP contribution in [0.25, 0.3) is 21.3 Å². The molecule has 1 saturated heterocycles. The van der Waals surface area contributed by atoms with E-state index in [9.17, 15) is 9.59 Å². The zero-order valence-corrected chi connectivity index (χ0v) is 17.3. The van der Waals surface area contributed by atoms with Gasteiger partial charge in [-0.2, -0.15) is 0 Å². The molecular weight excluding hydrogens is 370 g/mol. The quantitative estimate of drug-likeness (QED) is 0.667. The number of thiophene rings is 1. The van der Waals surface area contributed by atoms with Crippen molar-refractivity contribution in [2.45, 2.75) is 58.7 Å². The number of likely N-dealkylation sites (tertiary alicyclic amines) is 1. The van der Waals surface area contributed by atoms with Crippen molar-refractivity contribution in [2.75, 3.05) is 0 Å². The molecule has 2 atom stereocenters. The van der Waals surface area contributed by atoms with Gasteiger partial charge in [0.05, 0.1) is 11.7 Å². The summed E-state index contributed by atoms with van der Waals surface area (Å²) in [5, 5.41) is 2.58. The SMILES string of the molecule is Cc1ccc(-c2csc3ncn(CC(=O)N4[C@H](C)CCC[C@@H]4C)c(=O)c23)cc1. The van der Waals surface area contributed by atoms with Crippen molar-refractivity contribution < 1.29 is 4.79 Å². The lowest BCUT2D eigenvalue weighted by atomic mass is 9.97. The van der Waals surface area contributed by atoms with Crippen LogP contribution in [0.15, 0.2) is 40.8 Å². The number of piperidine rings is 1. The lowest BCUT2D eigenvalue weighted by Gasteiger charge is -2.39. The summed E-state index contributed by atoms with van der Waals surface area (Å²) in [6.07, 6.45) is 4.69. The van der Waals surface area contributed by atoms with Crippen LogP contribution in [0, 0.1) is 6.92 Å². The molecule has 0 spiro atoms. The largest absolute Gasteiger partial charge is 0.336 e. The fraction of sp³-hybridized carbons (Fsp3) is 0.409. The molecule has 0 bridgehead atoms. The summed E-state index contributed by atoms with van der Waals surface area (Å²) < 4.78 is 1.46. The minimum Gasteiger partial charge on any atom is -0.336 e. The first-order valence-electron chi connectivity index (χ1n) is 9.80. The molecule has 28 heavy (non-hydrogen) atoms. The Morgan fingerprint density at radius 3 is 2.54 bits per heavy atom. The second kappa shape index (κ2) is 7.51. The van der Waals surface area contributed by atoms with Gasteiger partial charge in [0.2, 0.25) is 5.91 Å². The number of carbonyl (C=O) groups is 1. The summed E-state index contributed by atoms with van der Waals surface area (Å²) in [6, 6.07) is 8.55. The molecule has 6 heteroatoms. The topological polar surface area (TPSA) is 55.2 Å². The van der Waals surface area contributed by atoms with Crippen LogP contribution >= 0.6 is 11.3 Å². The van der Waals surface area contributed by atoms with Crippen LogP contribution in [0.2, 0.25) is 0 Å². The van der Waals surface area contributed by atoms with Gasteiger partial charge < -0.3 is 4.90 Å². The molecule has 1 aromatic carbocycles. The number of nitrogens with zero attached hydrogens (tertiary/aromatic N) is 3. The zero-order valence-electron chi connectivity index (χ0n) is 16.5. The highest BCUT2D eigenvalue weighted by Gasteiger charge is 2.29. The number of carbonyl (C=O) groups excluding carboxylic acids is 1. The average molecular weight is 396 g/mol. The average Bonchev–Trinajstić information content (AvgIpc) is 3.09. The van der Waals surface area contributed by atoms with Crippen molar-refractivity contribution in [3.05, 3.63) is 51.9 Å². The maximum atomic E-state index is 13.2. The summed E-state index contributed by atoms with van der Waals surface area (Å²) in [7, 11) is 0. The van der Waals surface area contributed by atoms with Crippen LogP contribution in [0.5, 0.6) is 0 Å². The predicted molar refractivity (Wildman–Crippen MR) is 114 cm³/mol. The zero-order chi connectivity index (χ0) is 19.8. The Morgan fingerprint density at radius 1 is 1.18 bits per heavy atom. The van der Waals surface area contributed by atoms with Crippen LogP contribution in [-0.4, -0.2) is 32.4 Å². The van der Waals surface area contributed by atoms with Crippen LogP contribution < -0.4 is 5.56 Å². The molecule has 146 valence electrons. The number of aromatic nitrogens is 2. The van der Waals surface area contributed by atoms with E-state index in [1.54, 1.807) is 0 Å². The molecule has 1 aliphatic rings. The highest BCUT2D eigenvalue weighted by atomic mass is 32.1. The minimum absolute atomic E-state index is 0.00457. The van der Waals surface area contributed by atoms with E-state index in [-0.39, 0.29) is 30.1 Å². The molecule has 1 amide bonds. The second-order valence-electron chi connectivity index (χ2n) is 7.80. The van der Waals surface area contributed by atoms with E-state index in [0.29, 0.717) is 10.2 Å². The fourth-order valence-electron chi connectivity index (χ4n) is 4.17. The van der Waals surface area contributed by atoms with Crippen molar-refractivity contribution in [3.8, 4) is 11.1 Å². The van der Waals surface area contributed by atoms with Crippen LogP contribution in [0.1, 0.15) is 38.7 Å². The summed E-state index contributed by atoms with van der Waals surface area (Å²) in [5.41, 5.74) is 2.92. The maximum absolute atomic E-state index is 13.2. The molecule has 0 N–H and O–H groups in total. The lowest BCUT2D eigenvalue weighted by Crippen LogP contribution is -2.49. The third-order valence-electron chi connectivity index (χ3n) is 5.71. The van der Waals surface area contributed by atoms with E-state index in [2.05, 4.69) is 18.8 Å². The Bertz CT molecular complexity index is 1060. The van der Waals surface area contributed by atoms with Crippen LogP contribution in [0.3, 0.4) is 0 Å². The summed E-state index contributed by atoms with van der Waals surface area (Å²) in [4.78, 5) is 33.2. The number of amides is 1. The Labute approximate surface area is 168 Å². The van der Waals surface area contributed by atoms with Crippen molar-refractivity contribution >= 4 is 27.5 Å². The molecule has 1 aliphatic heterocycles. The van der Waals surface area contributed by atoms with Crippen LogP contribution in [-0.2, 0) is 11.3 Å². The van der Waals surface area contributed by atoms with Crippen molar-refractivity contribution in [3.63, 3.8) is 0 Å². The van der Waals surface area contributed by atoms with Gasteiger partial charge >= 0.3 is 0 Å². The van der Waals surface area contributed by atoms with E-state index in [1.165, 1.54) is 27.8 Å². The number of hydrogen-bond acceptors (Lipinski definition) is 4. The molecule has 0 unspecified atom stereocenters. The summed E-state index contributed by atoms with van der Waals surface area (Å²) in [6.45, 7) is 6.26. The lowest BCUT2D eigenvalue weighted by molar-refractivity contribution is -0.138. The Kier molecular flexibility index (Phi) is 5.06. The van der Waals surface area contributed by atoms with Gasteiger partial charge in [-0.15, -0.1) is 11.3 Å². The monoisotopic (exact) mass is 395 g/mol. The van der Waals surface area contributed by atoms with Gasteiger partial charge in [-0.1, -0.05) is 29.8 Å². The molecule has 2 aromatic heterocycles. The predicted octanol–water partition coefficient (Wildman–Crippen LogP) is 4.22. The van der Waals surface area contributed by atoms with Crippen LogP contribution in [0.4, 0.5) is 0 Å². The molecule has 5 nitrogen and oxygen atoms in total. The number of aryl methyl sites for hydroxylation is 1. The van der Waals surface area contributed by atoms with Crippen molar-refractivity contribution in [1.29, 1.82) is 0 Å². The van der Waals surface area contributed by atoms with Gasteiger partial charge in [-0.05, 0) is 45.6 Å². The Balaban J connectivity index is 1.70. The van der Waals surface area contributed by atoms with Gasteiger partial charge in [0, 0.05) is 23.0 Å². The van der Waals surface area contributed by atoms with E-state index in [1.807, 2.05) is 41.5 Å². The minimum atomic E-state index is -0.146. The van der Waals surface area contributed by atoms with Gasteiger partial charge in [0.25, 0.3) is 5.56 Å². The first-order valence-corrected chi connectivity index (χ1v) is 10.7. The standard InChI is InChI=1S/C22H25N3O2S/c1-14-7-9-17(10-8-14)18-12-28-21-20(18)22(27)24(13-23-21)11-19(26)25-15(2)5-4-6-16(25)3/h7-10,12-13,15-16H,4-6,11H2,1-3H3/t15-,16+. The molecule has 3 aromatic rings. The smallest absolute Gasteiger partial charge is 0.263 e. The fourth-order valence-corrected chi connectivity index (χ4v) is 5.07. The molecule has 0 saturated carbocycles. The highest BCUT2D eigenvalue weighted by Crippen LogP contribution is 2.30. The Hall–Kier alpha value is -2.47. The van der Waals surface area contributed by atoms with Gasteiger partial charge in [-0.3, -0.25) is 14.2 Å². The first kappa shape index (κ1) is 18.9. The third kappa shape index (κ3) is 3.37. The summed E-state index contributed by atoms with van der Waals surface area (Å²) >= 11 is 1.46. The van der Waals surface area contributed by atoms with Gasteiger partial charge in [0.1, 0.15) is 11.4 Å². The molecule has 3 heterocycles. The number of benzene rings is 1. The third-order valence-corrected chi connectivity index (χ3v) is 6.60. The number of rotatable bonds is 3. The Morgan fingerprint density at radius 2 is 1.86 bits per heavy atom. The van der Waals surface area contributed by atoms with E-state index < -0.39 is 0 Å². The van der Waals surface area contributed by atoms with Crippen molar-refractivity contribution in [1.82, 2.24) is 14.5 Å². The van der Waals surface area contributed by atoms with Gasteiger partial charge in [-0.25, -0.2) is 4.98 Å². The second-order valence-corrected chi connectivity index (χ2v) is 8.66. The highest BCUT2D eigenvalue weighted by molar-refractivity contribution is 7.17. The normalized spacial score (nSPS) is 19.9. The maximum Gasteiger partial charge on any atom is 0.263 e. The van der Waals surface area contributed by atoms with Gasteiger partial charge in [0.15, 0.2) is 0 Å². The van der Waals surface area contributed by atoms with E-state index in [0.717, 1.165) is 30.4 Å². The first-order chi connectivity index (χ1) is 13.5. The van der Waals surface area contributed by atoms with E-state index in [4.69, 9.17) is 0 Å². The summed E-state index contributed by atoms with van der Waals surface area (Å²) in [5.74, 6) is -0.00457. The molecule has 0 aliphatic carbocycles. The number of fused-ring (bicyclic) bond motifs is 1. The van der Waals surface area contributed by atoms with Crippen molar-refractivity contribution in [2.24, 2.45) is 0 Å². The van der Waals surface area contributed by atoms with E-state index >= 15 is 0 Å². The molecule has 1 fully saturated rings. The molecule has 4 rings (SSSR count). The molecular formula is C22H25N3O2S. The molecule has 0 radical (unpaired) electrons. The number of hydrogen-bond donors (Lipinski definition) is 0.